The van der Waals surface area contributed by atoms with Gasteiger partial charge in [0.05, 0.1) is 42.6 Å². The van der Waals surface area contributed by atoms with Crippen LogP contribution in [0.3, 0.4) is 0 Å². The first-order chi connectivity index (χ1) is 14.1. The minimum Gasteiger partial charge on any atom is -0.495 e. The summed E-state index contributed by atoms with van der Waals surface area (Å²) < 4.78 is 16.5. The van der Waals surface area contributed by atoms with Crippen molar-refractivity contribution in [2.75, 3.05) is 43.6 Å². The molecule has 0 amide bonds. The number of hydrogen-bond donors (Lipinski definition) is 1. The van der Waals surface area contributed by atoms with Gasteiger partial charge in [-0.1, -0.05) is 23.2 Å². The topological polar surface area (TPSA) is 46.9 Å². The second-order valence-electron chi connectivity index (χ2n) is 6.73. The highest BCUT2D eigenvalue weighted by Crippen LogP contribution is 2.32. The van der Waals surface area contributed by atoms with Gasteiger partial charge in [-0.05, 0) is 48.5 Å². The summed E-state index contributed by atoms with van der Waals surface area (Å²) in [6.45, 7) is 3.73. The quantitative estimate of drug-likeness (QED) is 0.540. The number of methoxy groups -OCH3 is 1. The molecule has 4 rings (SSSR count). The highest BCUT2D eigenvalue weighted by atomic mass is 35.5. The van der Waals surface area contributed by atoms with Gasteiger partial charge in [0.2, 0.25) is 0 Å². The lowest BCUT2D eigenvalue weighted by molar-refractivity contribution is 0.122. The second kappa shape index (κ2) is 8.99. The monoisotopic (exact) mass is 432 g/mol. The van der Waals surface area contributed by atoms with E-state index in [0.717, 1.165) is 59.8 Å². The van der Waals surface area contributed by atoms with Crippen LogP contribution in [0.2, 0.25) is 10.0 Å². The predicted molar refractivity (Wildman–Crippen MR) is 118 cm³/mol. The third kappa shape index (κ3) is 4.64. The standard InChI is InChI=1S/C22H22Cl2N2O3/c1-27-22-6-2-15(12-19(22)24)21-7-4-17(29-21)14-25-16-3-5-20(18(23)13-16)26-8-10-28-11-9-26/h2-7,12-13,25H,8-11,14H2,1H3. The van der Waals surface area contributed by atoms with E-state index in [1.54, 1.807) is 7.11 Å². The maximum Gasteiger partial charge on any atom is 0.137 e. The highest BCUT2D eigenvalue weighted by molar-refractivity contribution is 6.33. The second-order valence-corrected chi connectivity index (χ2v) is 7.55. The average molecular weight is 433 g/mol. The summed E-state index contributed by atoms with van der Waals surface area (Å²) in [6, 6.07) is 15.5. The molecule has 1 aliphatic heterocycles. The molecule has 152 valence electrons. The van der Waals surface area contributed by atoms with Crippen LogP contribution in [-0.4, -0.2) is 33.4 Å². The van der Waals surface area contributed by atoms with Crippen molar-refractivity contribution in [1.29, 1.82) is 0 Å². The summed E-state index contributed by atoms with van der Waals surface area (Å²) in [7, 11) is 1.59. The third-order valence-corrected chi connectivity index (χ3v) is 5.46. The minimum atomic E-state index is 0.552. The normalized spacial score (nSPS) is 14.1. The van der Waals surface area contributed by atoms with E-state index < -0.39 is 0 Å². The van der Waals surface area contributed by atoms with Gasteiger partial charge in [0.1, 0.15) is 17.3 Å². The Balaban J connectivity index is 1.41. The molecular formula is C22H22Cl2N2O3. The van der Waals surface area contributed by atoms with Crippen LogP contribution in [0, 0.1) is 0 Å². The number of halogens is 2. The Hall–Kier alpha value is -2.34. The summed E-state index contributed by atoms with van der Waals surface area (Å²) in [5.74, 6) is 2.22. The van der Waals surface area contributed by atoms with E-state index in [4.69, 9.17) is 37.1 Å². The van der Waals surface area contributed by atoms with Crippen LogP contribution in [-0.2, 0) is 11.3 Å². The zero-order chi connectivity index (χ0) is 20.2. The van der Waals surface area contributed by atoms with E-state index in [0.29, 0.717) is 17.3 Å². The van der Waals surface area contributed by atoms with Crippen LogP contribution < -0.4 is 15.0 Å². The lowest BCUT2D eigenvalue weighted by atomic mass is 10.2. The first-order valence-electron chi connectivity index (χ1n) is 9.43. The molecular weight excluding hydrogens is 411 g/mol. The molecule has 0 bridgehead atoms. The number of morpholine rings is 1. The molecule has 0 unspecified atom stereocenters. The van der Waals surface area contributed by atoms with Crippen molar-refractivity contribution in [2.45, 2.75) is 6.54 Å². The van der Waals surface area contributed by atoms with Gasteiger partial charge in [0.15, 0.2) is 0 Å². The first kappa shape index (κ1) is 20.0. The molecule has 1 fully saturated rings. The van der Waals surface area contributed by atoms with Crippen LogP contribution in [0.25, 0.3) is 11.3 Å². The fraction of sp³-hybridized carbons (Fsp3) is 0.273. The SMILES string of the molecule is COc1ccc(-c2ccc(CNc3ccc(N4CCOCC4)c(Cl)c3)o2)cc1Cl. The van der Waals surface area contributed by atoms with Crippen molar-refractivity contribution in [3.05, 3.63) is 64.3 Å². The number of nitrogens with zero attached hydrogens (tertiary/aromatic N) is 1. The predicted octanol–water partition coefficient (Wildman–Crippen LogP) is 5.71. The molecule has 0 atom stereocenters. The van der Waals surface area contributed by atoms with Crippen molar-refractivity contribution in [3.8, 4) is 17.1 Å². The van der Waals surface area contributed by atoms with Gasteiger partial charge in [-0.25, -0.2) is 0 Å². The highest BCUT2D eigenvalue weighted by Gasteiger charge is 2.14. The molecule has 1 aromatic heterocycles. The Bertz CT molecular complexity index is 984. The minimum absolute atomic E-state index is 0.552. The van der Waals surface area contributed by atoms with Gasteiger partial charge in [-0.2, -0.15) is 0 Å². The van der Waals surface area contributed by atoms with Crippen molar-refractivity contribution in [1.82, 2.24) is 0 Å². The first-order valence-corrected chi connectivity index (χ1v) is 10.2. The molecule has 2 heterocycles. The summed E-state index contributed by atoms with van der Waals surface area (Å²) >= 11 is 12.7. The number of nitrogens with one attached hydrogen (secondary N) is 1. The lowest BCUT2D eigenvalue weighted by Gasteiger charge is -2.29. The molecule has 7 heteroatoms. The number of hydrogen-bond acceptors (Lipinski definition) is 5. The number of rotatable bonds is 6. The van der Waals surface area contributed by atoms with E-state index in [2.05, 4.69) is 10.2 Å². The van der Waals surface area contributed by atoms with Gasteiger partial charge in [0, 0.05) is 24.3 Å². The Morgan fingerprint density at radius 1 is 1.00 bits per heavy atom. The van der Waals surface area contributed by atoms with Crippen LogP contribution in [0.5, 0.6) is 5.75 Å². The van der Waals surface area contributed by atoms with Crippen LogP contribution in [0.1, 0.15) is 5.76 Å². The van der Waals surface area contributed by atoms with Gasteiger partial charge < -0.3 is 24.1 Å². The number of benzene rings is 2. The number of ether oxygens (including phenoxy) is 2. The largest absolute Gasteiger partial charge is 0.495 e. The maximum atomic E-state index is 6.50. The van der Waals surface area contributed by atoms with E-state index in [1.165, 1.54) is 0 Å². The Labute approximate surface area is 180 Å². The van der Waals surface area contributed by atoms with Gasteiger partial charge in [0.25, 0.3) is 0 Å². The van der Waals surface area contributed by atoms with Crippen molar-refractivity contribution in [3.63, 3.8) is 0 Å². The molecule has 0 aliphatic carbocycles. The summed E-state index contributed by atoms with van der Waals surface area (Å²) in [5.41, 5.74) is 2.88. The van der Waals surface area contributed by atoms with Crippen molar-refractivity contribution >= 4 is 34.6 Å². The molecule has 0 spiro atoms. The van der Waals surface area contributed by atoms with Crippen molar-refractivity contribution < 1.29 is 13.9 Å². The van der Waals surface area contributed by atoms with Gasteiger partial charge >= 0.3 is 0 Å². The lowest BCUT2D eigenvalue weighted by Crippen LogP contribution is -2.36. The Morgan fingerprint density at radius 3 is 2.55 bits per heavy atom. The zero-order valence-electron chi connectivity index (χ0n) is 16.1. The van der Waals surface area contributed by atoms with Gasteiger partial charge in [-0.15, -0.1) is 0 Å². The van der Waals surface area contributed by atoms with Crippen molar-refractivity contribution in [2.24, 2.45) is 0 Å². The van der Waals surface area contributed by atoms with E-state index >= 15 is 0 Å². The van der Waals surface area contributed by atoms with Gasteiger partial charge in [-0.3, -0.25) is 0 Å². The fourth-order valence-electron chi connectivity index (χ4n) is 3.31. The molecule has 5 nitrogen and oxygen atoms in total. The van der Waals surface area contributed by atoms with Crippen LogP contribution in [0.4, 0.5) is 11.4 Å². The summed E-state index contributed by atoms with van der Waals surface area (Å²) in [4.78, 5) is 2.24. The van der Waals surface area contributed by atoms with Crippen LogP contribution in [0.15, 0.2) is 52.9 Å². The Kier molecular flexibility index (Phi) is 6.19. The number of furan rings is 1. The summed E-state index contributed by atoms with van der Waals surface area (Å²) in [5, 5.41) is 4.64. The van der Waals surface area contributed by atoms with E-state index in [1.807, 2.05) is 48.5 Å². The summed E-state index contributed by atoms with van der Waals surface area (Å²) in [6.07, 6.45) is 0. The van der Waals surface area contributed by atoms with Crippen LogP contribution >= 0.6 is 23.2 Å². The fourth-order valence-corrected chi connectivity index (χ4v) is 3.87. The smallest absolute Gasteiger partial charge is 0.137 e. The van der Waals surface area contributed by atoms with E-state index in [9.17, 15) is 0 Å². The molecule has 0 radical (unpaired) electrons. The van der Waals surface area contributed by atoms with E-state index in [-0.39, 0.29) is 0 Å². The number of anilines is 2. The molecule has 1 N–H and O–H groups in total. The molecule has 1 saturated heterocycles. The third-order valence-electron chi connectivity index (χ3n) is 4.86. The maximum absolute atomic E-state index is 6.50. The Morgan fingerprint density at radius 2 is 1.83 bits per heavy atom. The molecule has 3 aromatic rings. The molecule has 2 aromatic carbocycles. The molecule has 1 aliphatic rings. The zero-order valence-corrected chi connectivity index (χ0v) is 17.6. The average Bonchev–Trinajstić information content (AvgIpc) is 3.22. The molecule has 29 heavy (non-hydrogen) atoms. The molecule has 0 saturated carbocycles.